The van der Waals surface area contributed by atoms with Crippen molar-refractivity contribution in [2.24, 2.45) is 5.92 Å². The fourth-order valence-electron chi connectivity index (χ4n) is 2.09. The van der Waals surface area contributed by atoms with Gasteiger partial charge in [0.1, 0.15) is 6.10 Å². The van der Waals surface area contributed by atoms with E-state index in [1.165, 1.54) is 7.11 Å². The molecule has 5 nitrogen and oxygen atoms in total. The fraction of sp³-hybridized carbons (Fsp3) is 0.875. The summed E-state index contributed by atoms with van der Waals surface area (Å²) in [7, 11) is 1.28. The van der Waals surface area contributed by atoms with E-state index >= 15 is 0 Å². The molecule has 2 rings (SSSR count). The lowest BCUT2D eigenvalue weighted by molar-refractivity contribution is -0.174. The maximum atomic E-state index is 11.1. The topological polar surface area (TPSA) is 76.0 Å². The highest BCUT2D eigenvalue weighted by Gasteiger charge is 2.55. The van der Waals surface area contributed by atoms with E-state index in [9.17, 15) is 15.0 Å². The number of carbonyl (C=O) groups is 1. The Morgan fingerprint density at radius 2 is 2.15 bits per heavy atom. The van der Waals surface area contributed by atoms with Crippen molar-refractivity contribution in [2.75, 3.05) is 7.11 Å². The van der Waals surface area contributed by atoms with E-state index in [2.05, 4.69) is 4.74 Å². The smallest absolute Gasteiger partial charge is 0.335 e. The zero-order valence-electron chi connectivity index (χ0n) is 7.21. The van der Waals surface area contributed by atoms with Crippen LogP contribution in [0.3, 0.4) is 0 Å². The van der Waals surface area contributed by atoms with E-state index in [1.54, 1.807) is 0 Å². The molecule has 5 heteroatoms. The number of esters is 1. The number of ether oxygens (including phenoxy) is 2. The van der Waals surface area contributed by atoms with Gasteiger partial charge in [0.2, 0.25) is 0 Å². The first-order chi connectivity index (χ1) is 6.15. The summed E-state index contributed by atoms with van der Waals surface area (Å²) in [5, 5.41) is 18.8. The number of aliphatic hydroxyl groups excluding tert-OH is 2. The second-order valence-corrected chi connectivity index (χ2v) is 3.50. The molecule has 1 saturated carbocycles. The van der Waals surface area contributed by atoms with Gasteiger partial charge in [-0.1, -0.05) is 0 Å². The first-order valence-electron chi connectivity index (χ1n) is 4.24. The monoisotopic (exact) mass is 188 g/mol. The third-order valence-corrected chi connectivity index (χ3v) is 2.82. The highest BCUT2D eigenvalue weighted by molar-refractivity contribution is 5.75. The van der Waals surface area contributed by atoms with Gasteiger partial charge in [-0.15, -0.1) is 0 Å². The van der Waals surface area contributed by atoms with Crippen LogP contribution in [0.5, 0.6) is 0 Å². The van der Waals surface area contributed by atoms with Gasteiger partial charge >= 0.3 is 5.97 Å². The molecule has 2 aliphatic rings. The SMILES string of the molecule is COC(=O)[C@H]1O[C@H]2C[C@@H]1[C@H](O)[C@@H]2O. The lowest BCUT2D eigenvalue weighted by Gasteiger charge is -2.28. The molecule has 0 radical (unpaired) electrons. The van der Waals surface area contributed by atoms with Crippen LogP contribution in [0.25, 0.3) is 0 Å². The highest BCUT2D eigenvalue weighted by atomic mass is 16.6. The lowest BCUT2D eigenvalue weighted by Crippen LogP contribution is -2.46. The first-order valence-corrected chi connectivity index (χ1v) is 4.24. The molecule has 0 aromatic carbocycles. The lowest BCUT2D eigenvalue weighted by atomic mass is 9.99. The van der Waals surface area contributed by atoms with Crippen molar-refractivity contribution < 1.29 is 24.5 Å². The largest absolute Gasteiger partial charge is 0.467 e. The van der Waals surface area contributed by atoms with Gasteiger partial charge in [-0.2, -0.15) is 0 Å². The highest BCUT2D eigenvalue weighted by Crippen LogP contribution is 2.40. The minimum Gasteiger partial charge on any atom is -0.467 e. The van der Waals surface area contributed by atoms with E-state index in [0.717, 1.165) is 0 Å². The molecular weight excluding hydrogens is 176 g/mol. The molecule has 0 aromatic heterocycles. The van der Waals surface area contributed by atoms with Crippen molar-refractivity contribution >= 4 is 5.97 Å². The van der Waals surface area contributed by atoms with Gasteiger partial charge < -0.3 is 19.7 Å². The Balaban J connectivity index is 2.10. The van der Waals surface area contributed by atoms with Crippen LogP contribution < -0.4 is 0 Å². The summed E-state index contributed by atoms with van der Waals surface area (Å²) in [4.78, 5) is 11.1. The van der Waals surface area contributed by atoms with Crippen LogP contribution in [0.4, 0.5) is 0 Å². The summed E-state index contributed by atoms with van der Waals surface area (Å²) in [5.74, 6) is -0.786. The van der Waals surface area contributed by atoms with Crippen molar-refractivity contribution in [1.82, 2.24) is 0 Å². The fourth-order valence-corrected chi connectivity index (χ4v) is 2.09. The van der Waals surface area contributed by atoms with E-state index in [0.29, 0.717) is 6.42 Å². The molecule has 13 heavy (non-hydrogen) atoms. The van der Waals surface area contributed by atoms with Crippen molar-refractivity contribution in [1.29, 1.82) is 0 Å². The van der Waals surface area contributed by atoms with Crippen molar-refractivity contribution in [3.05, 3.63) is 0 Å². The Morgan fingerprint density at radius 3 is 2.62 bits per heavy atom. The predicted molar refractivity (Wildman–Crippen MR) is 40.8 cm³/mol. The zero-order valence-corrected chi connectivity index (χ0v) is 7.21. The summed E-state index contributed by atoms with van der Waals surface area (Å²) in [5.41, 5.74) is 0. The Hall–Kier alpha value is -0.650. The molecule has 1 saturated heterocycles. The van der Waals surface area contributed by atoms with Crippen LogP contribution in [-0.4, -0.2) is 47.7 Å². The number of fused-ring (bicyclic) bond motifs is 2. The van der Waals surface area contributed by atoms with Crippen molar-refractivity contribution in [2.45, 2.75) is 30.8 Å². The number of hydrogen-bond acceptors (Lipinski definition) is 5. The van der Waals surface area contributed by atoms with Gasteiger partial charge in [-0.3, -0.25) is 0 Å². The van der Waals surface area contributed by atoms with E-state index in [-0.39, 0.29) is 5.92 Å². The molecule has 2 fully saturated rings. The first kappa shape index (κ1) is 8.93. The minimum atomic E-state index is -0.858. The molecule has 5 atom stereocenters. The van der Waals surface area contributed by atoms with Crippen LogP contribution in [0, 0.1) is 5.92 Å². The van der Waals surface area contributed by atoms with Gasteiger partial charge in [-0.05, 0) is 6.42 Å². The second kappa shape index (κ2) is 2.94. The molecule has 0 unspecified atom stereocenters. The van der Waals surface area contributed by atoms with Crippen LogP contribution in [0.1, 0.15) is 6.42 Å². The number of rotatable bonds is 1. The molecule has 74 valence electrons. The second-order valence-electron chi connectivity index (χ2n) is 3.50. The molecule has 1 aliphatic carbocycles. The standard InChI is InChI=1S/C8H12O5/c1-12-8(11)7-3-2-4(13-7)6(10)5(3)9/h3-7,9-10H,2H2,1H3/t3-,4+,5+,6-,7+/m1/s1. The van der Waals surface area contributed by atoms with Crippen LogP contribution in [0.15, 0.2) is 0 Å². The molecule has 0 amide bonds. The Bertz CT molecular complexity index is 227. The number of aliphatic hydroxyl groups is 2. The molecule has 1 heterocycles. The Kier molecular flexibility index (Phi) is 2.02. The normalized spacial score (nSPS) is 48.1. The maximum absolute atomic E-state index is 11.1. The van der Waals surface area contributed by atoms with Crippen LogP contribution >= 0.6 is 0 Å². The average Bonchev–Trinajstić information content (AvgIpc) is 2.67. The van der Waals surface area contributed by atoms with Crippen molar-refractivity contribution in [3.63, 3.8) is 0 Å². The zero-order chi connectivity index (χ0) is 9.59. The van der Waals surface area contributed by atoms with Gasteiger partial charge in [0, 0.05) is 5.92 Å². The minimum absolute atomic E-state index is 0.313. The molecule has 0 aromatic rings. The van der Waals surface area contributed by atoms with Crippen LogP contribution in [-0.2, 0) is 14.3 Å². The third-order valence-electron chi connectivity index (χ3n) is 2.82. The van der Waals surface area contributed by atoms with Crippen LogP contribution in [0.2, 0.25) is 0 Å². The molecule has 2 bridgehead atoms. The number of methoxy groups -OCH3 is 1. The number of carbonyl (C=O) groups excluding carboxylic acids is 1. The Morgan fingerprint density at radius 1 is 1.46 bits per heavy atom. The van der Waals surface area contributed by atoms with Gasteiger partial charge in [0.25, 0.3) is 0 Å². The van der Waals surface area contributed by atoms with E-state index in [4.69, 9.17) is 4.74 Å². The quantitative estimate of drug-likeness (QED) is 0.498. The van der Waals surface area contributed by atoms with E-state index < -0.39 is 30.4 Å². The Labute approximate surface area is 75.3 Å². The molecule has 1 aliphatic heterocycles. The summed E-state index contributed by atoms with van der Waals surface area (Å²) >= 11 is 0. The van der Waals surface area contributed by atoms with Gasteiger partial charge in [0.05, 0.1) is 19.3 Å². The summed E-state index contributed by atoms with van der Waals surface area (Å²) in [6, 6.07) is 0. The molecule has 0 spiro atoms. The predicted octanol–water partition coefficient (Wildman–Crippen LogP) is -1.33. The number of hydrogen-bond donors (Lipinski definition) is 2. The van der Waals surface area contributed by atoms with E-state index in [1.807, 2.05) is 0 Å². The molecule has 2 N–H and O–H groups in total. The molecular formula is C8H12O5. The summed E-state index contributed by atoms with van der Waals surface area (Å²) < 4.78 is 9.72. The van der Waals surface area contributed by atoms with Gasteiger partial charge in [-0.25, -0.2) is 4.79 Å². The summed E-state index contributed by atoms with van der Waals surface area (Å²) in [6.07, 6.45) is -2.30. The maximum Gasteiger partial charge on any atom is 0.335 e. The van der Waals surface area contributed by atoms with Gasteiger partial charge in [0.15, 0.2) is 6.10 Å². The summed E-state index contributed by atoms with van der Waals surface area (Å²) in [6.45, 7) is 0. The average molecular weight is 188 g/mol. The van der Waals surface area contributed by atoms with Crippen molar-refractivity contribution in [3.8, 4) is 0 Å². The third kappa shape index (κ3) is 1.15.